The van der Waals surface area contributed by atoms with Crippen LogP contribution in [0.1, 0.15) is 6.92 Å². The predicted molar refractivity (Wildman–Crippen MR) is 80.6 cm³/mol. The van der Waals surface area contributed by atoms with E-state index in [1.54, 1.807) is 37.3 Å². The number of piperazine rings is 1. The van der Waals surface area contributed by atoms with E-state index >= 15 is 0 Å². The van der Waals surface area contributed by atoms with Crippen molar-refractivity contribution in [1.29, 1.82) is 0 Å². The summed E-state index contributed by atoms with van der Waals surface area (Å²) in [5.74, 6) is -2.15. The highest BCUT2D eigenvalue weighted by Gasteiger charge is 2.35. The second-order valence-electron chi connectivity index (χ2n) is 4.84. The number of amides is 5. The molecule has 0 bridgehead atoms. The lowest BCUT2D eigenvalue weighted by Gasteiger charge is -2.31. The van der Waals surface area contributed by atoms with Gasteiger partial charge in [-0.15, -0.1) is 0 Å². The van der Waals surface area contributed by atoms with Crippen molar-refractivity contribution in [1.82, 2.24) is 20.4 Å². The van der Waals surface area contributed by atoms with Gasteiger partial charge in [-0.3, -0.25) is 19.3 Å². The molecule has 0 atom stereocenters. The lowest BCUT2D eigenvalue weighted by Crippen LogP contribution is -2.58. The molecule has 5 amide bonds. The first-order valence-electron chi connectivity index (χ1n) is 7.21. The van der Waals surface area contributed by atoms with Gasteiger partial charge in [0.25, 0.3) is 5.91 Å². The van der Waals surface area contributed by atoms with Gasteiger partial charge in [0.05, 0.1) is 5.69 Å². The Balaban J connectivity index is 1.84. The number of nitrogens with one attached hydrogen (secondary N) is 1. The predicted octanol–water partition coefficient (Wildman–Crippen LogP) is -0.151. The van der Waals surface area contributed by atoms with Crippen molar-refractivity contribution in [2.45, 2.75) is 6.92 Å². The number of carbonyl (C=O) groups excluding carboxylic acids is 4. The summed E-state index contributed by atoms with van der Waals surface area (Å²) in [6.07, 6.45) is 0. The molecule has 0 unspecified atom stereocenters. The summed E-state index contributed by atoms with van der Waals surface area (Å²) < 4.78 is 0. The van der Waals surface area contributed by atoms with E-state index in [4.69, 9.17) is 0 Å². The van der Waals surface area contributed by atoms with Gasteiger partial charge < -0.3 is 10.2 Å². The highest BCUT2D eigenvalue weighted by Crippen LogP contribution is 2.06. The molecule has 0 aromatic heterocycles. The van der Waals surface area contributed by atoms with Crippen molar-refractivity contribution in [2.24, 2.45) is 0 Å². The molecule has 1 aliphatic rings. The molecule has 0 aliphatic carbocycles. The van der Waals surface area contributed by atoms with E-state index in [0.29, 0.717) is 12.2 Å². The van der Waals surface area contributed by atoms with Gasteiger partial charge in [0.2, 0.25) is 0 Å². The van der Waals surface area contributed by atoms with Crippen molar-refractivity contribution < 1.29 is 19.2 Å². The summed E-state index contributed by atoms with van der Waals surface area (Å²) in [6.45, 7) is 2.22. The third kappa shape index (κ3) is 4.06. The number of carbonyl (C=O) groups is 4. The molecular weight excluding hydrogens is 300 g/mol. The minimum atomic E-state index is -0.886. The Hall–Kier alpha value is -2.90. The number of benzene rings is 1. The van der Waals surface area contributed by atoms with Crippen LogP contribution in [-0.2, 0) is 14.4 Å². The van der Waals surface area contributed by atoms with Crippen molar-refractivity contribution in [3.63, 3.8) is 0 Å². The Labute approximate surface area is 133 Å². The molecule has 23 heavy (non-hydrogen) atoms. The molecule has 1 saturated heterocycles. The first-order chi connectivity index (χ1) is 11.0. The van der Waals surface area contributed by atoms with Crippen LogP contribution in [-0.4, -0.2) is 59.7 Å². The molecule has 0 saturated carbocycles. The Morgan fingerprint density at radius 3 is 2.48 bits per heavy atom. The zero-order valence-corrected chi connectivity index (χ0v) is 12.7. The average molecular weight is 317 g/mol. The van der Waals surface area contributed by atoms with E-state index in [1.807, 2.05) is 0 Å². The summed E-state index contributed by atoms with van der Waals surface area (Å²) in [7, 11) is 0. The molecule has 8 nitrogen and oxygen atoms in total. The van der Waals surface area contributed by atoms with Crippen molar-refractivity contribution in [3.05, 3.63) is 30.3 Å². The van der Waals surface area contributed by atoms with Gasteiger partial charge in [-0.2, -0.15) is 0 Å². The lowest BCUT2D eigenvalue weighted by atomic mass is 10.3. The van der Waals surface area contributed by atoms with Gasteiger partial charge >= 0.3 is 17.8 Å². The number of likely N-dealkylation sites (N-methyl/N-ethyl adjacent to an activating group) is 1. The molecule has 1 fully saturated rings. The molecule has 1 heterocycles. The van der Waals surface area contributed by atoms with E-state index in [9.17, 15) is 19.2 Å². The molecule has 2 rings (SSSR count). The Morgan fingerprint density at radius 1 is 1.13 bits per heavy atom. The van der Waals surface area contributed by atoms with E-state index < -0.39 is 23.8 Å². The second kappa shape index (κ2) is 7.39. The van der Waals surface area contributed by atoms with E-state index in [0.717, 1.165) is 4.90 Å². The number of para-hydroxylation sites is 1. The zero-order valence-electron chi connectivity index (χ0n) is 12.7. The SMILES string of the molecule is CCN1CCN(C(=O)NCC(=O)[N]c2ccccc2)C(=O)C1=O. The lowest BCUT2D eigenvalue weighted by molar-refractivity contribution is -0.153. The highest BCUT2D eigenvalue weighted by atomic mass is 16.2. The van der Waals surface area contributed by atoms with Crippen LogP contribution in [0, 0.1) is 0 Å². The summed E-state index contributed by atoms with van der Waals surface area (Å²) in [5.41, 5.74) is 0.481. The van der Waals surface area contributed by atoms with Gasteiger partial charge in [-0.1, -0.05) is 18.2 Å². The third-order valence-corrected chi connectivity index (χ3v) is 3.34. The molecule has 8 heteroatoms. The largest absolute Gasteiger partial charge is 0.333 e. The fraction of sp³-hybridized carbons (Fsp3) is 0.333. The molecule has 121 valence electrons. The molecule has 1 N–H and O–H groups in total. The van der Waals surface area contributed by atoms with Gasteiger partial charge in [-0.05, 0) is 19.1 Å². The minimum absolute atomic E-state index is 0.105. The molecular formula is C15H17N4O4. The van der Waals surface area contributed by atoms with Crippen LogP contribution >= 0.6 is 0 Å². The third-order valence-electron chi connectivity index (χ3n) is 3.34. The Kier molecular flexibility index (Phi) is 5.29. The topological polar surface area (TPSA) is 101 Å². The van der Waals surface area contributed by atoms with Crippen molar-refractivity contribution in [3.8, 4) is 0 Å². The number of hydrogen-bond donors (Lipinski definition) is 1. The van der Waals surface area contributed by atoms with Crippen LogP contribution < -0.4 is 10.6 Å². The summed E-state index contributed by atoms with van der Waals surface area (Å²) >= 11 is 0. The van der Waals surface area contributed by atoms with Crippen LogP contribution in [0.4, 0.5) is 10.5 Å². The molecule has 1 radical (unpaired) electrons. The van der Waals surface area contributed by atoms with E-state index in [-0.39, 0.29) is 19.6 Å². The zero-order chi connectivity index (χ0) is 16.8. The number of nitrogens with zero attached hydrogens (tertiary/aromatic N) is 3. The Morgan fingerprint density at radius 2 is 1.83 bits per heavy atom. The number of imide groups is 1. The number of urea groups is 1. The van der Waals surface area contributed by atoms with Crippen LogP contribution in [0.25, 0.3) is 0 Å². The summed E-state index contributed by atoms with van der Waals surface area (Å²) in [4.78, 5) is 49.3. The maximum Gasteiger partial charge on any atom is 0.325 e. The smallest absolute Gasteiger partial charge is 0.325 e. The van der Waals surface area contributed by atoms with Gasteiger partial charge in [0, 0.05) is 19.6 Å². The van der Waals surface area contributed by atoms with Crippen LogP contribution in [0.5, 0.6) is 0 Å². The monoisotopic (exact) mass is 317 g/mol. The summed E-state index contributed by atoms with van der Waals surface area (Å²) in [5, 5.41) is 6.11. The van der Waals surface area contributed by atoms with Gasteiger partial charge in [-0.25, -0.2) is 10.1 Å². The van der Waals surface area contributed by atoms with E-state index in [1.165, 1.54) is 4.90 Å². The Bertz CT molecular complexity index is 617. The van der Waals surface area contributed by atoms with Crippen LogP contribution in [0.15, 0.2) is 30.3 Å². The number of rotatable bonds is 4. The quantitative estimate of drug-likeness (QED) is 0.780. The maximum absolute atomic E-state index is 11.9. The van der Waals surface area contributed by atoms with Gasteiger partial charge in [0.1, 0.15) is 6.54 Å². The number of hydrogen-bond acceptors (Lipinski definition) is 4. The maximum atomic E-state index is 11.9. The first kappa shape index (κ1) is 16.5. The first-order valence-corrected chi connectivity index (χ1v) is 7.21. The molecule has 1 aromatic rings. The van der Waals surface area contributed by atoms with Crippen molar-refractivity contribution in [2.75, 3.05) is 26.2 Å². The van der Waals surface area contributed by atoms with Crippen LogP contribution in [0.2, 0.25) is 0 Å². The van der Waals surface area contributed by atoms with Gasteiger partial charge in [0.15, 0.2) is 0 Å². The second-order valence-corrected chi connectivity index (χ2v) is 4.84. The highest BCUT2D eigenvalue weighted by molar-refractivity contribution is 6.38. The fourth-order valence-corrected chi connectivity index (χ4v) is 2.10. The minimum Gasteiger partial charge on any atom is -0.333 e. The molecule has 1 aliphatic heterocycles. The van der Waals surface area contributed by atoms with Crippen molar-refractivity contribution >= 4 is 29.4 Å². The normalized spacial score (nSPS) is 14.7. The molecule has 0 spiro atoms. The average Bonchev–Trinajstić information content (AvgIpc) is 2.56. The van der Waals surface area contributed by atoms with E-state index in [2.05, 4.69) is 10.6 Å². The standard InChI is InChI=1S/C15H17N4O4/c1-2-18-8-9-19(14(22)13(18)21)15(23)16-10-12(20)17-11-6-4-3-5-7-11/h3-7H,2,8-10H2,1H3,(H,16,23). The van der Waals surface area contributed by atoms with Crippen LogP contribution in [0.3, 0.4) is 0 Å². The summed E-state index contributed by atoms with van der Waals surface area (Å²) in [6, 6.07) is 7.82. The molecule has 1 aromatic carbocycles. The fourth-order valence-electron chi connectivity index (χ4n) is 2.10.